The number of hydrogen-bond donors (Lipinski definition) is 3. The minimum Gasteiger partial charge on any atom is -0.340 e. The fraction of sp³-hybridized carbons (Fsp3) is 0.0556. The van der Waals surface area contributed by atoms with Crippen LogP contribution >= 0.6 is 11.3 Å². The second-order valence-corrected chi connectivity index (χ2v) is 6.91. The van der Waals surface area contributed by atoms with Gasteiger partial charge in [0.1, 0.15) is 5.82 Å². The van der Waals surface area contributed by atoms with Gasteiger partial charge in [0.2, 0.25) is 0 Å². The molecule has 1 aliphatic carbocycles. The molecule has 0 radical (unpaired) electrons. The summed E-state index contributed by atoms with van der Waals surface area (Å²) < 4.78 is 0. The van der Waals surface area contributed by atoms with E-state index >= 15 is 0 Å². The fourth-order valence-electron chi connectivity index (χ4n) is 3.59. The van der Waals surface area contributed by atoms with Crippen LogP contribution in [-0.4, -0.2) is 15.8 Å². The molecule has 0 saturated heterocycles. The molecule has 3 aromatic rings. The van der Waals surface area contributed by atoms with Crippen molar-refractivity contribution in [1.29, 1.82) is 0 Å². The third kappa shape index (κ3) is 1.87. The van der Waals surface area contributed by atoms with Gasteiger partial charge in [0.25, 0.3) is 5.56 Å². The normalized spacial score (nSPS) is 17.8. The number of benzene rings is 1. The molecule has 0 saturated carbocycles. The van der Waals surface area contributed by atoms with E-state index in [0.717, 1.165) is 10.4 Å². The summed E-state index contributed by atoms with van der Waals surface area (Å²) in [6, 6.07) is 11.1. The molecule has 0 amide bonds. The number of aromatic nitrogens is 2. The van der Waals surface area contributed by atoms with E-state index < -0.39 is 17.2 Å². The van der Waals surface area contributed by atoms with Crippen LogP contribution in [0.1, 0.15) is 32.3 Å². The van der Waals surface area contributed by atoms with Crippen LogP contribution in [0.3, 0.4) is 0 Å². The molecule has 6 nitrogen and oxygen atoms in total. The van der Waals surface area contributed by atoms with Crippen LogP contribution in [-0.2, 0) is 0 Å². The van der Waals surface area contributed by atoms with Crippen LogP contribution in [0.25, 0.3) is 5.70 Å². The Morgan fingerprint density at radius 1 is 0.920 bits per heavy atom. The Bertz CT molecular complexity index is 1180. The van der Waals surface area contributed by atoms with Crippen LogP contribution in [0.4, 0.5) is 5.82 Å². The molecule has 3 heterocycles. The van der Waals surface area contributed by atoms with Crippen LogP contribution in [0.2, 0.25) is 0 Å². The smallest absolute Gasteiger partial charge is 0.327 e. The van der Waals surface area contributed by atoms with Crippen LogP contribution < -0.4 is 16.6 Å². The quantitative estimate of drug-likeness (QED) is 0.628. The number of ketones is 1. The summed E-state index contributed by atoms with van der Waals surface area (Å²) in [5.74, 6) is -0.255. The Labute approximate surface area is 144 Å². The zero-order valence-electron chi connectivity index (χ0n) is 12.8. The first-order valence-corrected chi connectivity index (χ1v) is 8.58. The average Bonchev–Trinajstić information content (AvgIpc) is 3.21. The van der Waals surface area contributed by atoms with Gasteiger partial charge in [0.05, 0.1) is 17.2 Å². The highest BCUT2D eigenvalue weighted by molar-refractivity contribution is 7.10. The predicted molar refractivity (Wildman–Crippen MR) is 95.2 cm³/mol. The monoisotopic (exact) mass is 349 g/mol. The predicted octanol–water partition coefficient (Wildman–Crippen LogP) is 2.29. The second-order valence-electron chi connectivity index (χ2n) is 5.93. The number of H-pyrrole nitrogens is 2. The van der Waals surface area contributed by atoms with Crippen LogP contribution in [0.5, 0.6) is 0 Å². The Kier molecular flexibility index (Phi) is 2.78. The van der Waals surface area contributed by atoms with Gasteiger partial charge >= 0.3 is 5.69 Å². The van der Waals surface area contributed by atoms with Crippen molar-refractivity contribution in [2.75, 3.05) is 5.32 Å². The number of rotatable bonds is 1. The molecule has 0 bridgehead atoms. The number of carbonyl (C=O) groups excluding carboxylic acids is 1. The number of anilines is 1. The van der Waals surface area contributed by atoms with Crippen molar-refractivity contribution in [3.05, 3.63) is 89.8 Å². The Hall–Kier alpha value is -3.19. The first-order chi connectivity index (χ1) is 12.1. The van der Waals surface area contributed by atoms with Gasteiger partial charge in [-0.25, -0.2) is 4.79 Å². The molecular formula is C18H11N3O3S. The maximum Gasteiger partial charge on any atom is 0.327 e. The molecule has 7 heteroatoms. The molecule has 2 aliphatic rings. The number of carbonyl (C=O) groups is 1. The van der Waals surface area contributed by atoms with Gasteiger partial charge in [-0.3, -0.25) is 19.6 Å². The number of allylic oxidation sites excluding steroid dienone is 1. The standard InChI is InChI=1S/C18H11N3O3S/c22-15-9-5-2-1-4-8(9)14-12(15)11(10-6-3-7-25-10)13-16(19-14)20-18(24)21-17(13)23/h1-7,11H,(H3,19,20,21,23,24)/t11-/m1/s1. The number of thiophene rings is 1. The molecule has 2 aromatic heterocycles. The van der Waals surface area contributed by atoms with Crippen LogP contribution in [0.15, 0.2) is 56.9 Å². The number of nitrogens with one attached hydrogen (secondary N) is 3. The van der Waals surface area contributed by atoms with Crippen molar-refractivity contribution in [2.24, 2.45) is 0 Å². The molecule has 0 unspecified atom stereocenters. The number of Topliss-reactive ketones (excluding diaryl/α,β-unsaturated/α-hetero) is 1. The first kappa shape index (κ1) is 14.2. The average molecular weight is 349 g/mol. The molecule has 1 atom stereocenters. The molecule has 25 heavy (non-hydrogen) atoms. The molecule has 3 N–H and O–H groups in total. The van der Waals surface area contributed by atoms with E-state index in [2.05, 4.69) is 15.3 Å². The van der Waals surface area contributed by atoms with Crippen molar-refractivity contribution in [2.45, 2.75) is 5.92 Å². The summed E-state index contributed by atoms with van der Waals surface area (Å²) >= 11 is 1.48. The second kappa shape index (κ2) is 4.90. The Balaban J connectivity index is 1.86. The summed E-state index contributed by atoms with van der Waals surface area (Å²) in [6.45, 7) is 0. The number of hydrogen-bond acceptors (Lipinski definition) is 5. The number of fused-ring (bicyclic) bond motifs is 3. The van der Waals surface area contributed by atoms with Crippen LogP contribution in [0, 0.1) is 0 Å². The molecule has 0 spiro atoms. The van der Waals surface area contributed by atoms with Crippen molar-refractivity contribution < 1.29 is 4.79 Å². The summed E-state index contributed by atoms with van der Waals surface area (Å²) in [6.07, 6.45) is 0. The highest BCUT2D eigenvalue weighted by Gasteiger charge is 2.42. The van der Waals surface area contributed by atoms with Crippen molar-refractivity contribution >= 4 is 28.6 Å². The topological polar surface area (TPSA) is 94.8 Å². The molecule has 1 aliphatic heterocycles. The molecule has 1 aromatic carbocycles. The minimum atomic E-state index is -0.581. The van der Waals surface area contributed by atoms with Crippen molar-refractivity contribution in [3.8, 4) is 0 Å². The zero-order chi connectivity index (χ0) is 17.1. The fourth-order valence-corrected chi connectivity index (χ4v) is 4.44. The zero-order valence-corrected chi connectivity index (χ0v) is 13.6. The lowest BCUT2D eigenvalue weighted by atomic mass is 9.86. The molecule has 0 fully saturated rings. The van der Waals surface area contributed by atoms with E-state index in [9.17, 15) is 14.4 Å². The minimum absolute atomic E-state index is 0.0900. The Morgan fingerprint density at radius 3 is 2.48 bits per heavy atom. The molecule has 5 rings (SSSR count). The molecular weight excluding hydrogens is 338 g/mol. The van der Waals surface area contributed by atoms with E-state index in [1.165, 1.54) is 11.3 Å². The number of aromatic amines is 2. The lowest BCUT2D eigenvalue weighted by molar-refractivity contribution is 0.103. The summed E-state index contributed by atoms with van der Waals surface area (Å²) in [5, 5.41) is 5.01. The van der Waals surface area contributed by atoms with Gasteiger partial charge in [0, 0.05) is 21.6 Å². The Morgan fingerprint density at radius 2 is 1.72 bits per heavy atom. The largest absolute Gasteiger partial charge is 0.340 e. The van der Waals surface area contributed by atoms with E-state index in [-0.39, 0.29) is 5.78 Å². The summed E-state index contributed by atoms with van der Waals surface area (Å²) in [7, 11) is 0. The summed E-state index contributed by atoms with van der Waals surface area (Å²) in [4.78, 5) is 43.1. The van der Waals surface area contributed by atoms with E-state index in [1.807, 2.05) is 35.7 Å². The van der Waals surface area contributed by atoms with Gasteiger partial charge in [-0.05, 0) is 11.4 Å². The highest BCUT2D eigenvalue weighted by Crippen LogP contribution is 2.48. The third-order valence-electron chi connectivity index (χ3n) is 4.59. The maximum atomic E-state index is 13.0. The lowest BCUT2D eigenvalue weighted by Crippen LogP contribution is -2.33. The first-order valence-electron chi connectivity index (χ1n) is 7.70. The van der Waals surface area contributed by atoms with Gasteiger partial charge in [-0.1, -0.05) is 30.3 Å². The molecule has 122 valence electrons. The summed E-state index contributed by atoms with van der Waals surface area (Å²) in [5.41, 5.74) is 1.90. The van der Waals surface area contributed by atoms with E-state index in [0.29, 0.717) is 28.2 Å². The van der Waals surface area contributed by atoms with Crippen molar-refractivity contribution in [3.63, 3.8) is 0 Å². The highest BCUT2D eigenvalue weighted by atomic mass is 32.1. The van der Waals surface area contributed by atoms with Gasteiger partial charge < -0.3 is 5.32 Å². The van der Waals surface area contributed by atoms with E-state index in [1.54, 1.807) is 6.07 Å². The maximum absolute atomic E-state index is 13.0. The van der Waals surface area contributed by atoms with Gasteiger partial charge in [0.15, 0.2) is 5.78 Å². The van der Waals surface area contributed by atoms with Gasteiger partial charge in [-0.2, -0.15) is 0 Å². The SMILES string of the molecule is O=C1C2=C(Nc3[nH]c(=O)[nH]c(=O)c3[C@@H]2c2cccs2)c2ccccc21. The van der Waals surface area contributed by atoms with Crippen molar-refractivity contribution in [1.82, 2.24) is 9.97 Å². The van der Waals surface area contributed by atoms with Gasteiger partial charge in [-0.15, -0.1) is 11.3 Å². The van der Waals surface area contributed by atoms with E-state index in [4.69, 9.17) is 0 Å². The lowest BCUT2D eigenvalue weighted by Gasteiger charge is -2.26. The third-order valence-corrected chi connectivity index (χ3v) is 5.53.